The Kier molecular flexibility index (Phi) is 6.55. The van der Waals surface area contributed by atoms with Crippen molar-refractivity contribution in [1.29, 1.82) is 0 Å². The van der Waals surface area contributed by atoms with Crippen molar-refractivity contribution in [1.82, 2.24) is 29.9 Å². The molecule has 0 radical (unpaired) electrons. The van der Waals surface area contributed by atoms with Crippen LogP contribution in [0, 0.1) is 6.92 Å². The summed E-state index contributed by atoms with van der Waals surface area (Å²) in [7, 11) is 1.73. The largest absolute Gasteiger partial charge is 0.349 e. The van der Waals surface area contributed by atoms with Crippen molar-refractivity contribution >= 4 is 17.2 Å². The van der Waals surface area contributed by atoms with E-state index in [4.69, 9.17) is 0 Å². The predicted molar refractivity (Wildman–Crippen MR) is 141 cm³/mol. The predicted octanol–water partition coefficient (Wildman–Crippen LogP) is 4.17. The third kappa shape index (κ3) is 4.87. The van der Waals surface area contributed by atoms with Crippen molar-refractivity contribution in [3.63, 3.8) is 0 Å². The van der Waals surface area contributed by atoms with Crippen molar-refractivity contribution in [3.05, 3.63) is 101 Å². The number of thiazole rings is 1. The monoisotopic (exact) mass is 496 g/mol. The Bertz CT molecular complexity index is 1570. The average Bonchev–Trinajstić information content (AvgIpc) is 3.49. The number of nitrogens with zero attached hydrogens (tertiary/aromatic N) is 5. The fourth-order valence-corrected chi connectivity index (χ4v) is 4.90. The van der Waals surface area contributed by atoms with E-state index >= 15 is 0 Å². The summed E-state index contributed by atoms with van der Waals surface area (Å²) in [6, 6.07) is 24.6. The van der Waals surface area contributed by atoms with Gasteiger partial charge in [0.25, 0.3) is 11.5 Å². The second-order valence-electron chi connectivity index (χ2n) is 8.24. The molecule has 1 N–H and O–H groups in total. The number of hydrogen-bond acceptors (Lipinski definition) is 6. The summed E-state index contributed by atoms with van der Waals surface area (Å²) in [6.45, 7) is 2.43. The Balaban J connectivity index is 1.29. The van der Waals surface area contributed by atoms with E-state index in [1.54, 1.807) is 23.9 Å². The van der Waals surface area contributed by atoms with Crippen LogP contribution in [0.5, 0.6) is 0 Å². The Morgan fingerprint density at radius 2 is 1.61 bits per heavy atom. The number of rotatable bonds is 7. The van der Waals surface area contributed by atoms with Crippen molar-refractivity contribution in [3.8, 4) is 32.4 Å². The van der Waals surface area contributed by atoms with Gasteiger partial charge in [-0.15, -0.1) is 11.3 Å². The SMILES string of the molecule is Cc1nc(-c2ccccc2)sc1-c1ccc(=O)n(CCNC(=O)c2cc(-c3ccccc3)nn2C)n1. The zero-order valence-corrected chi connectivity index (χ0v) is 20.7. The molecular formula is C27H24N6O2S. The van der Waals surface area contributed by atoms with Crippen LogP contribution in [0.15, 0.2) is 83.7 Å². The second kappa shape index (κ2) is 10.1. The Morgan fingerprint density at radius 3 is 2.33 bits per heavy atom. The summed E-state index contributed by atoms with van der Waals surface area (Å²) in [5, 5.41) is 12.8. The molecule has 0 saturated carbocycles. The molecule has 3 aromatic heterocycles. The molecule has 9 heteroatoms. The first-order valence-corrected chi connectivity index (χ1v) is 12.3. The number of carbonyl (C=O) groups is 1. The molecule has 36 heavy (non-hydrogen) atoms. The summed E-state index contributed by atoms with van der Waals surface area (Å²) >= 11 is 1.54. The van der Waals surface area contributed by atoms with Crippen LogP contribution in [0.3, 0.4) is 0 Å². The molecular weight excluding hydrogens is 472 g/mol. The highest BCUT2D eigenvalue weighted by atomic mass is 32.1. The van der Waals surface area contributed by atoms with E-state index in [2.05, 4.69) is 20.5 Å². The molecule has 3 heterocycles. The van der Waals surface area contributed by atoms with Gasteiger partial charge in [-0.2, -0.15) is 10.2 Å². The van der Waals surface area contributed by atoms with Crippen LogP contribution in [0.2, 0.25) is 0 Å². The van der Waals surface area contributed by atoms with Gasteiger partial charge in [0.15, 0.2) is 0 Å². The lowest BCUT2D eigenvalue weighted by Gasteiger charge is -2.08. The fourth-order valence-electron chi connectivity index (χ4n) is 3.86. The molecule has 0 bridgehead atoms. The van der Waals surface area contributed by atoms with E-state index in [9.17, 15) is 9.59 Å². The minimum absolute atomic E-state index is 0.231. The van der Waals surface area contributed by atoms with E-state index in [1.807, 2.05) is 67.6 Å². The Labute approximate surface area is 211 Å². The summed E-state index contributed by atoms with van der Waals surface area (Å²) < 4.78 is 2.93. The minimum Gasteiger partial charge on any atom is -0.349 e. The van der Waals surface area contributed by atoms with Gasteiger partial charge < -0.3 is 5.32 Å². The van der Waals surface area contributed by atoms with Crippen LogP contribution in [0.4, 0.5) is 0 Å². The number of hydrogen-bond donors (Lipinski definition) is 1. The summed E-state index contributed by atoms with van der Waals surface area (Å²) in [6.07, 6.45) is 0. The van der Waals surface area contributed by atoms with Crippen LogP contribution in [0.1, 0.15) is 16.2 Å². The first kappa shape index (κ1) is 23.4. The lowest BCUT2D eigenvalue weighted by molar-refractivity contribution is 0.0942. The quantitative estimate of drug-likeness (QED) is 0.365. The van der Waals surface area contributed by atoms with Crippen LogP contribution in [-0.2, 0) is 13.6 Å². The molecule has 0 aliphatic heterocycles. The molecule has 8 nitrogen and oxygen atoms in total. The van der Waals surface area contributed by atoms with Crippen molar-refractivity contribution < 1.29 is 4.79 Å². The highest BCUT2D eigenvalue weighted by molar-refractivity contribution is 7.18. The molecule has 2 aromatic carbocycles. The van der Waals surface area contributed by atoms with Gasteiger partial charge in [-0.1, -0.05) is 60.7 Å². The minimum atomic E-state index is -0.262. The molecule has 1 amide bonds. The van der Waals surface area contributed by atoms with E-state index in [1.165, 1.54) is 22.1 Å². The number of amides is 1. The topological polar surface area (TPSA) is 94.7 Å². The molecule has 5 aromatic rings. The summed E-state index contributed by atoms with van der Waals surface area (Å²) in [4.78, 5) is 30.8. The maximum Gasteiger partial charge on any atom is 0.269 e. The van der Waals surface area contributed by atoms with E-state index in [-0.39, 0.29) is 24.6 Å². The zero-order valence-electron chi connectivity index (χ0n) is 19.9. The van der Waals surface area contributed by atoms with Crippen molar-refractivity contribution in [2.45, 2.75) is 13.5 Å². The van der Waals surface area contributed by atoms with Gasteiger partial charge in [0.1, 0.15) is 16.4 Å². The number of benzene rings is 2. The van der Waals surface area contributed by atoms with Gasteiger partial charge in [0.2, 0.25) is 0 Å². The van der Waals surface area contributed by atoms with Gasteiger partial charge in [-0.25, -0.2) is 9.67 Å². The van der Waals surface area contributed by atoms with Crippen LogP contribution >= 0.6 is 11.3 Å². The van der Waals surface area contributed by atoms with Gasteiger partial charge in [-0.05, 0) is 19.1 Å². The van der Waals surface area contributed by atoms with E-state index in [0.29, 0.717) is 11.4 Å². The summed E-state index contributed by atoms with van der Waals surface area (Å²) in [5.74, 6) is -0.262. The molecule has 0 spiro atoms. The molecule has 0 aliphatic carbocycles. The number of nitrogens with one attached hydrogen (secondary N) is 1. The van der Waals surface area contributed by atoms with Crippen molar-refractivity contribution in [2.24, 2.45) is 7.05 Å². The van der Waals surface area contributed by atoms with Gasteiger partial charge in [0, 0.05) is 30.8 Å². The second-order valence-corrected chi connectivity index (χ2v) is 9.24. The first-order chi connectivity index (χ1) is 17.5. The van der Waals surface area contributed by atoms with Gasteiger partial charge in [-0.3, -0.25) is 14.3 Å². The van der Waals surface area contributed by atoms with Crippen LogP contribution in [-0.4, -0.2) is 37.0 Å². The first-order valence-electron chi connectivity index (χ1n) is 11.5. The Morgan fingerprint density at radius 1 is 0.917 bits per heavy atom. The molecule has 0 unspecified atom stereocenters. The number of carbonyl (C=O) groups excluding carboxylic acids is 1. The zero-order chi connectivity index (χ0) is 25.1. The van der Waals surface area contributed by atoms with E-state index in [0.717, 1.165) is 32.4 Å². The van der Waals surface area contributed by atoms with Crippen molar-refractivity contribution in [2.75, 3.05) is 6.54 Å². The lowest BCUT2D eigenvalue weighted by Crippen LogP contribution is -2.32. The Hall–Kier alpha value is -4.37. The maximum absolute atomic E-state index is 12.8. The average molecular weight is 497 g/mol. The number of aryl methyl sites for hydroxylation is 2. The highest BCUT2D eigenvalue weighted by Gasteiger charge is 2.16. The molecule has 0 fully saturated rings. The molecule has 5 rings (SSSR count). The smallest absolute Gasteiger partial charge is 0.269 e. The molecule has 0 aliphatic rings. The maximum atomic E-state index is 12.8. The van der Waals surface area contributed by atoms with E-state index < -0.39 is 0 Å². The standard InChI is InChI=1S/C27H24N6O2S/c1-18-25(36-27(29-18)20-11-7-4-8-12-20)21-13-14-24(34)33(31-21)16-15-28-26(35)23-17-22(30-32(23)2)19-9-5-3-6-10-19/h3-14,17H,15-16H2,1-2H3,(H,28,35). The summed E-state index contributed by atoms with van der Waals surface area (Å²) in [5.41, 5.74) is 4.45. The normalized spacial score (nSPS) is 10.9. The number of aromatic nitrogens is 5. The van der Waals surface area contributed by atoms with Crippen LogP contribution in [0.25, 0.3) is 32.4 Å². The molecule has 0 atom stereocenters. The third-order valence-corrected chi connectivity index (χ3v) is 6.94. The fraction of sp³-hybridized carbons (Fsp3) is 0.148. The lowest BCUT2D eigenvalue weighted by atomic mass is 10.1. The third-order valence-electron chi connectivity index (χ3n) is 5.71. The van der Waals surface area contributed by atoms with Gasteiger partial charge in [0.05, 0.1) is 22.8 Å². The van der Waals surface area contributed by atoms with Gasteiger partial charge >= 0.3 is 0 Å². The highest BCUT2D eigenvalue weighted by Crippen LogP contribution is 2.33. The molecule has 0 saturated heterocycles. The van der Waals surface area contributed by atoms with Crippen LogP contribution < -0.4 is 10.9 Å². The molecule has 180 valence electrons.